The van der Waals surface area contributed by atoms with Gasteiger partial charge in [0.1, 0.15) is 11.6 Å². The van der Waals surface area contributed by atoms with Crippen molar-refractivity contribution in [2.45, 2.75) is 39.0 Å². The van der Waals surface area contributed by atoms with E-state index in [2.05, 4.69) is 42.3 Å². The zero-order valence-electron chi connectivity index (χ0n) is 17.3. The van der Waals surface area contributed by atoms with Crippen molar-refractivity contribution in [1.82, 2.24) is 29.4 Å². The Bertz CT molecular complexity index is 820. The Balaban J connectivity index is 1.29. The van der Waals surface area contributed by atoms with Gasteiger partial charge in [0.25, 0.3) is 0 Å². The molecule has 8 nitrogen and oxygen atoms in total. The quantitative estimate of drug-likeness (QED) is 0.736. The van der Waals surface area contributed by atoms with Gasteiger partial charge in [0.2, 0.25) is 5.91 Å². The third-order valence-electron chi connectivity index (χ3n) is 5.83. The Morgan fingerprint density at radius 1 is 1.21 bits per heavy atom. The lowest BCUT2D eigenvalue weighted by molar-refractivity contribution is -0.133. The highest BCUT2D eigenvalue weighted by molar-refractivity contribution is 7.03. The molecular formula is C20H29N7OS. The van der Waals surface area contributed by atoms with Crippen LogP contribution in [-0.4, -0.2) is 81.1 Å². The first kappa shape index (κ1) is 20.2. The molecule has 9 heteroatoms. The number of hydrogen-bond acceptors (Lipinski definition) is 8. The van der Waals surface area contributed by atoms with Crippen LogP contribution in [0.2, 0.25) is 0 Å². The van der Waals surface area contributed by atoms with Crippen LogP contribution in [-0.2, 0) is 11.2 Å². The molecule has 1 amide bonds. The Kier molecular flexibility index (Phi) is 6.34. The topological polar surface area (TPSA) is 78.4 Å². The van der Waals surface area contributed by atoms with Crippen molar-refractivity contribution in [3.63, 3.8) is 0 Å². The van der Waals surface area contributed by atoms with Gasteiger partial charge in [0, 0.05) is 68.7 Å². The molecule has 0 aliphatic carbocycles. The summed E-state index contributed by atoms with van der Waals surface area (Å²) in [6.45, 7) is 9.76. The summed E-state index contributed by atoms with van der Waals surface area (Å²) in [5.41, 5.74) is 2.05. The van der Waals surface area contributed by atoms with Gasteiger partial charge in [-0.15, -0.1) is 5.10 Å². The summed E-state index contributed by atoms with van der Waals surface area (Å²) in [7, 11) is 0. The molecule has 0 unspecified atom stereocenters. The minimum Gasteiger partial charge on any atom is -0.354 e. The first-order chi connectivity index (χ1) is 14.1. The molecule has 2 aliphatic rings. The van der Waals surface area contributed by atoms with Gasteiger partial charge in [0.15, 0.2) is 0 Å². The van der Waals surface area contributed by atoms with Gasteiger partial charge in [0.05, 0.1) is 12.2 Å². The Morgan fingerprint density at radius 2 is 2.03 bits per heavy atom. The number of hydrogen-bond donors (Lipinski definition) is 0. The predicted molar refractivity (Wildman–Crippen MR) is 113 cm³/mol. The van der Waals surface area contributed by atoms with Crippen LogP contribution in [0.5, 0.6) is 0 Å². The normalized spacial score (nSPS) is 20.8. The smallest absolute Gasteiger partial charge is 0.236 e. The van der Waals surface area contributed by atoms with Crippen molar-refractivity contribution < 1.29 is 4.79 Å². The second kappa shape index (κ2) is 9.13. The summed E-state index contributed by atoms with van der Waals surface area (Å²) < 4.78 is 3.98. The Morgan fingerprint density at radius 3 is 2.76 bits per heavy atom. The van der Waals surface area contributed by atoms with E-state index in [0.717, 1.165) is 81.6 Å². The van der Waals surface area contributed by atoms with Crippen molar-refractivity contribution in [2.24, 2.45) is 0 Å². The van der Waals surface area contributed by atoms with Crippen molar-refractivity contribution in [2.75, 3.05) is 50.7 Å². The number of carbonyl (C=O) groups is 1. The van der Waals surface area contributed by atoms with Gasteiger partial charge in [-0.3, -0.25) is 9.69 Å². The summed E-state index contributed by atoms with van der Waals surface area (Å²) in [6.07, 6.45) is 2.97. The van der Waals surface area contributed by atoms with E-state index < -0.39 is 0 Å². The van der Waals surface area contributed by atoms with Crippen LogP contribution in [0, 0.1) is 6.92 Å². The summed E-state index contributed by atoms with van der Waals surface area (Å²) in [6, 6.07) is 2.06. The second-order valence-corrected chi connectivity index (χ2v) is 8.52. The number of nitrogens with zero attached hydrogens (tertiary/aromatic N) is 7. The number of piperidine rings is 1. The molecule has 2 aromatic heterocycles. The average molecular weight is 416 g/mol. The maximum Gasteiger partial charge on any atom is 0.236 e. The highest BCUT2D eigenvalue weighted by Crippen LogP contribution is 2.26. The van der Waals surface area contributed by atoms with Crippen molar-refractivity contribution in [3.05, 3.63) is 28.7 Å². The van der Waals surface area contributed by atoms with Crippen LogP contribution in [0.1, 0.15) is 42.9 Å². The van der Waals surface area contributed by atoms with E-state index in [0.29, 0.717) is 12.5 Å². The molecule has 2 aliphatic heterocycles. The molecule has 0 bridgehead atoms. The van der Waals surface area contributed by atoms with E-state index in [-0.39, 0.29) is 5.91 Å². The molecule has 0 aromatic carbocycles. The lowest BCUT2D eigenvalue weighted by atomic mass is 9.95. The maximum atomic E-state index is 12.9. The van der Waals surface area contributed by atoms with E-state index in [1.54, 1.807) is 0 Å². The molecule has 156 valence electrons. The third kappa shape index (κ3) is 4.90. The van der Waals surface area contributed by atoms with Gasteiger partial charge in [-0.05, 0) is 31.3 Å². The second-order valence-electron chi connectivity index (χ2n) is 7.91. The fourth-order valence-electron chi connectivity index (χ4n) is 4.15. The molecule has 2 aromatic rings. The number of aromatic nitrogens is 4. The molecule has 0 saturated carbocycles. The fraction of sp³-hybridized carbons (Fsp3) is 0.650. The predicted octanol–water partition coefficient (Wildman–Crippen LogP) is 1.73. The lowest BCUT2D eigenvalue weighted by Crippen LogP contribution is -2.51. The fourth-order valence-corrected chi connectivity index (χ4v) is 4.69. The van der Waals surface area contributed by atoms with Gasteiger partial charge in [-0.25, -0.2) is 9.97 Å². The Hall–Kier alpha value is -2.13. The summed E-state index contributed by atoms with van der Waals surface area (Å²) in [5.74, 6) is 2.47. The van der Waals surface area contributed by atoms with Crippen molar-refractivity contribution >= 4 is 23.3 Å². The summed E-state index contributed by atoms with van der Waals surface area (Å²) in [4.78, 5) is 28.6. The molecule has 1 atom stereocenters. The Labute approximate surface area is 176 Å². The average Bonchev–Trinajstić information content (AvgIpc) is 3.29. The minimum absolute atomic E-state index is 0.234. The number of amides is 1. The van der Waals surface area contributed by atoms with Crippen molar-refractivity contribution in [3.8, 4) is 0 Å². The van der Waals surface area contributed by atoms with Crippen LogP contribution in [0.4, 0.5) is 5.82 Å². The molecule has 4 heterocycles. The van der Waals surface area contributed by atoms with Crippen molar-refractivity contribution in [1.29, 1.82) is 0 Å². The van der Waals surface area contributed by atoms with E-state index in [9.17, 15) is 4.79 Å². The number of carbonyl (C=O) groups excluding carboxylic acids is 1. The zero-order valence-corrected chi connectivity index (χ0v) is 18.1. The summed E-state index contributed by atoms with van der Waals surface area (Å²) in [5, 5.41) is 6.22. The van der Waals surface area contributed by atoms with Crippen LogP contribution >= 0.6 is 11.5 Å². The highest BCUT2D eigenvalue weighted by atomic mass is 32.1. The lowest BCUT2D eigenvalue weighted by Gasteiger charge is -2.37. The standard InChI is InChI=1S/C20H29N7OS/c1-3-18-21-15(2)11-19(22-18)26-9-7-25(8-10-26)13-20(28)27-6-4-5-16(12-27)17-14-29-24-23-17/h11,14,16H,3-10,12-13H2,1-2H3/t16-/m1/s1. The zero-order chi connectivity index (χ0) is 20.2. The van der Waals surface area contributed by atoms with Gasteiger partial charge in [-0.2, -0.15) is 0 Å². The minimum atomic E-state index is 0.234. The third-order valence-corrected chi connectivity index (χ3v) is 6.35. The summed E-state index contributed by atoms with van der Waals surface area (Å²) >= 11 is 1.39. The van der Waals surface area contributed by atoms with E-state index >= 15 is 0 Å². The van der Waals surface area contributed by atoms with E-state index in [1.165, 1.54) is 11.5 Å². The SMILES string of the molecule is CCc1nc(C)cc(N2CCN(CC(=O)N3CCC[C@@H](c4csnn4)C3)CC2)n1. The molecule has 2 fully saturated rings. The van der Waals surface area contributed by atoms with E-state index in [1.807, 2.05) is 17.2 Å². The van der Waals surface area contributed by atoms with E-state index in [4.69, 9.17) is 0 Å². The first-order valence-corrected chi connectivity index (χ1v) is 11.3. The van der Waals surface area contributed by atoms with Crippen LogP contribution in [0.3, 0.4) is 0 Å². The number of rotatable bonds is 5. The number of likely N-dealkylation sites (tertiary alicyclic amines) is 1. The molecule has 0 N–H and O–H groups in total. The molecule has 0 radical (unpaired) electrons. The molecule has 0 spiro atoms. The number of anilines is 1. The maximum absolute atomic E-state index is 12.9. The van der Waals surface area contributed by atoms with Crippen LogP contribution in [0.25, 0.3) is 0 Å². The van der Waals surface area contributed by atoms with Crippen LogP contribution < -0.4 is 4.90 Å². The monoisotopic (exact) mass is 415 g/mol. The van der Waals surface area contributed by atoms with Gasteiger partial charge in [-0.1, -0.05) is 11.4 Å². The highest BCUT2D eigenvalue weighted by Gasteiger charge is 2.28. The molecule has 29 heavy (non-hydrogen) atoms. The first-order valence-electron chi connectivity index (χ1n) is 10.5. The number of aryl methyl sites for hydroxylation is 2. The largest absolute Gasteiger partial charge is 0.354 e. The van der Waals surface area contributed by atoms with Gasteiger partial charge >= 0.3 is 0 Å². The molecule has 4 rings (SSSR count). The molecule has 2 saturated heterocycles. The molecular weight excluding hydrogens is 386 g/mol. The number of piperazine rings is 1. The van der Waals surface area contributed by atoms with Crippen LogP contribution in [0.15, 0.2) is 11.4 Å². The van der Waals surface area contributed by atoms with Gasteiger partial charge < -0.3 is 9.80 Å².